The van der Waals surface area contributed by atoms with E-state index >= 15 is 0 Å². The number of pyridine rings is 2. The molecule has 0 unspecified atom stereocenters. The lowest BCUT2D eigenvalue weighted by molar-refractivity contribution is 0.0937. The van der Waals surface area contributed by atoms with Crippen molar-refractivity contribution in [3.8, 4) is 27.7 Å². The van der Waals surface area contributed by atoms with E-state index in [9.17, 15) is 4.79 Å². The third-order valence-corrected chi connectivity index (χ3v) is 7.48. The van der Waals surface area contributed by atoms with Crippen molar-refractivity contribution < 1.29 is 11.0 Å². The number of hydrogen-bond donors (Lipinski definition) is 1. The summed E-state index contributed by atoms with van der Waals surface area (Å²) in [6.07, 6.45) is 7.06. The molecule has 39 heavy (non-hydrogen) atoms. The van der Waals surface area contributed by atoms with E-state index in [0.717, 1.165) is 29.2 Å². The summed E-state index contributed by atoms with van der Waals surface area (Å²) in [5, 5.41) is 9.58. The third kappa shape index (κ3) is 6.13. The maximum absolute atomic E-state index is 13.3. The molecule has 0 aromatic carbocycles. The molecule has 1 amide bonds. The number of thiophene rings is 1. The fourth-order valence-electron chi connectivity index (χ4n) is 4.42. The Balaban J connectivity index is 0.00000370. The highest BCUT2D eigenvalue weighted by molar-refractivity contribution is 7.13. The fourth-order valence-corrected chi connectivity index (χ4v) is 5.11. The van der Waals surface area contributed by atoms with Crippen molar-refractivity contribution in [2.45, 2.75) is 33.4 Å². The summed E-state index contributed by atoms with van der Waals surface area (Å²) < 4.78 is 7.74. The molecule has 1 atom stereocenters. The van der Waals surface area contributed by atoms with Gasteiger partial charge in [0.1, 0.15) is 6.61 Å². The number of nitrogens with one attached hydrogen (secondary N) is 1. The second kappa shape index (κ2) is 12.1. The molecule has 0 spiro atoms. The van der Waals surface area contributed by atoms with Crippen molar-refractivity contribution >= 4 is 22.9 Å². The number of ether oxygens (including phenoxy) is 1. The van der Waals surface area contributed by atoms with Gasteiger partial charge in [-0.3, -0.25) is 14.7 Å². The standard InChI is InChI=1S/C29H31N7O2S.H2/c1-4-35(5-2)20(3)16-31-29(37)22-14-25(33-27(15-22)38-19-21-8-6-11-30-17-21)23-18-32-36-12-10-24(34-28(23)36)26-9-7-13-39-26;/h6-15,17-18,20H,4-5,16,19H2,1-3H3,(H,31,37);1H/t20-;/m0./s1. The lowest BCUT2D eigenvalue weighted by Gasteiger charge is -2.26. The minimum Gasteiger partial charge on any atom is -0.473 e. The molecule has 1 N–H and O–H groups in total. The summed E-state index contributed by atoms with van der Waals surface area (Å²) >= 11 is 1.63. The van der Waals surface area contributed by atoms with Gasteiger partial charge in [0.25, 0.3) is 5.91 Å². The molecule has 5 aromatic heterocycles. The normalized spacial score (nSPS) is 12.1. The zero-order valence-electron chi connectivity index (χ0n) is 22.2. The maximum Gasteiger partial charge on any atom is 0.251 e. The molecule has 5 heterocycles. The number of carbonyl (C=O) groups excluding carboxylic acids is 1. The van der Waals surface area contributed by atoms with Crippen molar-refractivity contribution in [3.63, 3.8) is 0 Å². The smallest absolute Gasteiger partial charge is 0.251 e. The van der Waals surface area contributed by atoms with Gasteiger partial charge in [0.2, 0.25) is 5.88 Å². The van der Waals surface area contributed by atoms with Gasteiger partial charge in [0.15, 0.2) is 5.65 Å². The second-order valence-corrected chi connectivity index (χ2v) is 10.1. The van der Waals surface area contributed by atoms with Crippen LogP contribution >= 0.6 is 11.3 Å². The molecule has 0 fully saturated rings. The maximum atomic E-state index is 13.3. The zero-order valence-corrected chi connectivity index (χ0v) is 23.1. The fraction of sp³-hybridized carbons (Fsp3) is 0.276. The van der Waals surface area contributed by atoms with Crippen LogP contribution in [0.15, 0.2) is 72.6 Å². The molecule has 0 saturated carbocycles. The van der Waals surface area contributed by atoms with Crippen LogP contribution in [0.2, 0.25) is 0 Å². The zero-order chi connectivity index (χ0) is 27.2. The van der Waals surface area contributed by atoms with Crippen LogP contribution in [0, 0.1) is 0 Å². The van der Waals surface area contributed by atoms with Crippen molar-refractivity contribution in [1.82, 2.24) is 34.8 Å². The molecule has 0 radical (unpaired) electrons. The average Bonchev–Trinajstić information content (AvgIpc) is 3.66. The minimum atomic E-state index is -0.187. The highest BCUT2D eigenvalue weighted by Gasteiger charge is 2.18. The van der Waals surface area contributed by atoms with Gasteiger partial charge in [-0.1, -0.05) is 26.0 Å². The molecule has 0 aliphatic heterocycles. The Kier molecular flexibility index (Phi) is 8.24. The van der Waals surface area contributed by atoms with E-state index in [4.69, 9.17) is 14.7 Å². The number of aromatic nitrogens is 5. The van der Waals surface area contributed by atoms with Gasteiger partial charge in [0.05, 0.1) is 28.0 Å². The molecular weight excluding hydrogens is 510 g/mol. The summed E-state index contributed by atoms with van der Waals surface area (Å²) in [6, 6.07) is 13.4. The predicted octanol–water partition coefficient (Wildman–Crippen LogP) is 5.20. The molecule has 5 rings (SSSR count). The molecule has 0 saturated heterocycles. The lowest BCUT2D eigenvalue weighted by Crippen LogP contribution is -2.42. The molecule has 0 aliphatic rings. The SMILES string of the molecule is CCN(CC)[C@@H](C)CNC(=O)c1cc(OCc2cccnc2)nc(-c2cnn3ccc(-c4cccs4)nc23)c1.[HH]. The average molecular weight is 544 g/mol. The van der Waals surface area contributed by atoms with Crippen LogP contribution in [0.25, 0.3) is 27.5 Å². The van der Waals surface area contributed by atoms with Gasteiger partial charge in [-0.25, -0.2) is 14.5 Å². The highest BCUT2D eigenvalue weighted by Crippen LogP contribution is 2.29. The van der Waals surface area contributed by atoms with Gasteiger partial charge in [0, 0.05) is 49.8 Å². The van der Waals surface area contributed by atoms with Crippen LogP contribution in [0.4, 0.5) is 0 Å². The molecular formula is C29H33N7O2S. The summed E-state index contributed by atoms with van der Waals surface area (Å²) in [4.78, 5) is 30.4. The predicted molar refractivity (Wildman–Crippen MR) is 155 cm³/mol. The topological polar surface area (TPSA) is 97.5 Å². The van der Waals surface area contributed by atoms with Crippen LogP contribution < -0.4 is 10.1 Å². The van der Waals surface area contributed by atoms with Crippen LogP contribution in [-0.2, 0) is 6.61 Å². The summed E-state index contributed by atoms with van der Waals surface area (Å²) in [6.45, 7) is 9.02. The van der Waals surface area contributed by atoms with E-state index in [2.05, 4.69) is 41.1 Å². The Hall–Kier alpha value is -4.15. The second-order valence-electron chi connectivity index (χ2n) is 9.13. The van der Waals surface area contributed by atoms with Gasteiger partial charge >= 0.3 is 0 Å². The van der Waals surface area contributed by atoms with Crippen molar-refractivity contribution in [1.29, 1.82) is 0 Å². The molecule has 5 aromatic rings. The van der Waals surface area contributed by atoms with E-state index in [1.165, 1.54) is 0 Å². The van der Waals surface area contributed by atoms with E-state index in [0.29, 0.717) is 34.9 Å². The molecule has 10 heteroatoms. The number of fused-ring (bicyclic) bond motifs is 1. The quantitative estimate of drug-likeness (QED) is 0.245. The van der Waals surface area contributed by atoms with Gasteiger partial charge < -0.3 is 10.1 Å². The minimum absolute atomic E-state index is 0. The summed E-state index contributed by atoms with van der Waals surface area (Å²) in [5.41, 5.74) is 4.15. The first-order chi connectivity index (χ1) is 19.1. The van der Waals surface area contributed by atoms with Crippen molar-refractivity contribution in [3.05, 3.63) is 83.8 Å². The number of amides is 1. The number of likely N-dealkylation sites (N-methyl/N-ethyl adjacent to an activating group) is 1. The van der Waals surface area contributed by atoms with Crippen LogP contribution in [0.3, 0.4) is 0 Å². The Bertz CT molecular complexity index is 1540. The largest absolute Gasteiger partial charge is 0.473 e. The number of rotatable bonds is 11. The molecule has 0 aliphatic carbocycles. The first kappa shape index (κ1) is 26.5. The Morgan fingerprint density at radius 1 is 1.13 bits per heavy atom. The number of hydrogen-bond acceptors (Lipinski definition) is 8. The van der Waals surface area contributed by atoms with Crippen molar-refractivity contribution in [2.24, 2.45) is 0 Å². The van der Waals surface area contributed by atoms with Gasteiger partial charge in [-0.15, -0.1) is 11.3 Å². The summed E-state index contributed by atoms with van der Waals surface area (Å²) in [5.74, 6) is 0.152. The lowest BCUT2D eigenvalue weighted by atomic mass is 10.1. The number of nitrogens with zero attached hydrogens (tertiary/aromatic N) is 6. The van der Waals surface area contributed by atoms with Gasteiger partial charge in [-0.2, -0.15) is 5.10 Å². The van der Waals surface area contributed by atoms with Crippen LogP contribution in [-0.4, -0.2) is 61.0 Å². The molecule has 0 bridgehead atoms. The van der Waals surface area contributed by atoms with Crippen molar-refractivity contribution in [2.75, 3.05) is 19.6 Å². The summed E-state index contributed by atoms with van der Waals surface area (Å²) in [7, 11) is 0. The van der Waals surface area contributed by atoms with Crippen LogP contribution in [0.5, 0.6) is 5.88 Å². The Labute approximate surface area is 233 Å². The Morgan fingerprint density at radius 3 is 2.74 bits per heavy atom. The van der Waals surface area contributed by atoms with Gasteiger partial charge in [-0.05, 0) is 49.7 Å². The first-order valence-corrected chi connectivity index (χ1v) is 13.9. The van der Waals surface area contributed by atoms with E-state index in [-0.39, 0.29) is 20.0 Å². The highest BCUT2D eigenvalue weighted by atomic mass is 32.1. The Morgan fingerprint density at radius 2 is 2.00 bits per heavy atom. The van der Waals surface area contributed by atoms with Crippen LogP contribution in [0.1, 0.15) is 38.1 Å². The van der Waals surface area contributed by atoms with E-state index in [1.807, 2.05) is 41.9 Å². The van der Waals surface area contributed by atoms with E-state index < -0.39 is 0 Å². The monoisotopic (exact) mass is 543 g/mol. The number of carbonyl (C=O) groups is 1. The molecule has 9 nitrogen and oxygen atoms in total. The molecule has 202 valence electrons. The first-order valence-electron chi connectivity index (χ1n) is 13.0. The van der Waals surface area contributed by atoms with E-state index in [1.54, 1.807) is 46.6 Å². The third-order valence-electron chi connectivity index (χ3n) is 6.59.